The van der Waals surface area contributed by atoms with Gasteiger partial charge in [0.1, 0.15) is 5.82 Å². The van der Waals surface area contributed by atoms with Crippen LogP contribution in [0.15, 0.2) is 143 Å². The van der Waals surface area contributed by atoms with Crippen molar-refractivity contribution in [2.24, 2.45) is 0 Å². The minimum Gasteiger partial charge on any atom is -0.476 e. The number of hydrogen-bond acceptors (Lipinski definition) is 6. The number of carbonyl (C=O) groups is 1. The summed E-state index contributed by atoms with van der Waals surface area (Å²) in [5, 5.41) is 25.1. The molecule has 1 aliphatic carbocycles. The number of nitrogens with zero attached hydrogens (tertiary/aromatic N) is 6. The third-order valence-corrected chi connectivity index (χ3v) is 11.8. The molecule has 6 aromatic rings. The molecule has 12 heteroatoms. The molecule has 2 aliphatic rings. The van der Waals surface area contributed by atoms with Crippen LogP contribution in [0.4, 0.5) is 0 Å². The maximum absolute atomic E-state index is 12.7. The number of imidazole rings is 1. The largest absolute Gasteiger partial charge is 0.476 e. The molecular weight excluding hydrogens is 844 g/mol. The number of benzene rings is 4. The minimum absolute atomic E-state index is 0.0607. The Morgan fingerprint density at radius 2 is 1.42 bits per heavy atom. The molecular formula is C43H33Br2ClN6O3. The van der Waals surface area contributed by atoms with E-state index in [0.29, 0.717) is 11.6 Å². The number of fused-ring (bicyclic) bond motifs is 1. The van der Waals surface area contributed by atoms with Gasteiger partial charge in [0.2, 0.25) is 5.82 Å². The molecule has 0 saturated carbocycles. The van der Waals surface area contributed by atoms with Gasteiger partial charge >= 0.3 is 5.97 Å². The van der Waals surface area contributed by atoms with Crippen LogP contribution in [0.2, 0.25) is 5.15 Å². The van der Waals surface area contributed by atoms with E-state index in [-0.39, 0.29) is 22.2 Å². The number of aromatic carboxylic acids is 1. The lowest BCUT2D eigenvalue weighted by Gasteiger charge is -2.34. The highest BCUT2D eigenvalue weighted by Gasteiger charge is 2.41. The first kappa shape index (κ1) is 36.6. The summed E-state index contributed by atoms with van der Waals surface area (Å²) in [5.41, 5.74) is 6.81. The van der Waals surface area contributed by atoms with Crippen LogP contribution in [0.1, 0.15) is 63.2 Å². The lowest BCUT2D eigenvalue weighted by Crippen LogP contribution is -2.39. The number of aromatic nitrogens is 6. The second kappa shape index (κ2) is 15.4. The molecule has 274 valence electrons. The first-order valence-corrected chi connectivity index (χ1v) is 19.8. The summed E-state index contributed by atoms with van der Waals surface area (Å²) in [4.78, 5) is 18.7. The van der Waals surface area contributed by atoms with Crippen LogP contribution >= 0.6 is 43.5 Å². The lowest BCUT2D eigenvalue weighted by molar-refractivity contribution is 0.0685. The van der Waals surface area contributed by atoms with Gasteiger partial charge in [-0.15, -0.1) is 15.0 Å². The quantitative estimate of drug-likeness (QED) is 0.0961. The third-order valence-electron chi connectivity index (χ3n) is 9.89. The zero-order chi connectivity index (χ0) is 38.1. The molecule has 55 heavy (non-hydrogen) atoms. The Morgan fingerprint density at radius 1 is 0.836 bits per heavy atom. The Kier molecular flexibility index (Phi) is 10.3. The van der Waals surface area contributed by atoms with Crippen molar-refractivity contribution in [1.29, 1.82) is 0 Å². The van der Waals surface area contributed by atoms with Crippen LogP contribution in [-0.4, -0.2) is 40.8 Å². The highest BCUT2D eigenvalue weighted by molar-refractivity contribution is 9.10. The second-order valence-corrected chi connectivity index (χ2v) is 15.3. The van der Waals surface area contributed by atoms with Crippen molar-refractivity contribution in [2.45, 2.75) is 36.7 Å². The van der Waals surface area contributed by atoms with Gasteiger partial charge in [0.05, 0.1) is 23.9 Å². The van der Waals surface area contributed by atoms with Crippen LogP contribution in [-0.2, 0) is 12.1 Å². The number of halogens is 3. The zero-order valence-electron chi connectivity index (χ0n) is 29.5. The predicted octanol–water partition coefficient (Wildman–Crippen LogP) is 11.1. The molecule has 0 radical (unpaired) electrons. The van der Waals surface area contributed by atoms with Gasteiger partial charge in [-0.3, -0.25) is 0 Å². The van der Waals surface area contributed by atoms with E-state index < -0.39 is 11.5 Å². The Hall–Kier alpha value is -5.36. The summed E-state index contributed by atoms with van der Waals surface area (Å²) >= 11 is 14.2. The van der Waals surface area contributed by atoms with Crippen LogP contribution in [0.3, 0.4) is 0 Å². The fourth-order valence-electron chi connectivity index (χ4n) is 7.48. The highest BCUT2D eigenvalue weighted by atomic mass is 79.9. The van der Waals surface area contributed by atoms with E-state index in [1.54, 1.807) is 21.9 Å². The molecule has 8 rings (SSSR count). The van der Waals surface area contributed by atoms with Crippen molar-refractivity contribution in [3.8, 4) is 33.6 Å². The standard InChI is InChI=1S/C43H33Br2ClN6O3/c1-2-14-35(44)41-47-39(46)38(42(53)54)51(41)25-33-30-23-24-55-26-34(30)37(45)36(33)31-21-12-13-22-32(31)40-48-50-52(49-40)43(27-15-6-3-7-16-27,28-17-8-4-9-18-28)29-19-10-5-11-20-29/h3-13,15-24,26,35H,2,14,25H2,1H3,(H,53,54). The number of tetrazole rings is 1. The van der Waals surface area contributed by atoms with Gasteiger partial charge in [0, 0.05) is 21.2 Å². The predicted molar refractivity (Wildman–Crippen MR) is 220 cm³/mol. The third kappa shape index (κ3) is 6.39. The lowest BCUT2D eigenvalue weighted by atomic mass is 9.77. The molecule has 1 atom stereocenters. The van der Waals surface area contributed by atoms with Gasteiger partial charge in [-0.2, -0.15) is 0 Å². The first-order valence-electron chi connectivity index (χ1n) is 17.7. The van der Waals surface area contributed by atoms with Crippen molar-refractivity contribution in [2.75, 3.05) is 0 Å². The van der Waals surface area contributed by atoms with Crippen LogP contribution in [0.5, 0.6) is 0 Å². The molecule has 0 bridgehead atoms. The Labute approximate surface area is 339 Å². The average molecular weight is 877 g/mol. The Morgan fingerprint density at radius 3 is 2.00 bits per heavy atom. The number of carboxylic acid groups (broad SMARTS) is 1. The SMILES string of the molecule is CCCC(Br)c1nc(Cl)c(C(=O)O)n1Cc1c2ccocc-2c(Br)c1-c1ccccc1-c1nnn(C(c2ccccc2)(c2ccccc2)c2ccccc2)n1. The molecule has 3 heterocycles. The summed E-state index contributed by atoms with van der Waals surface area (Å²) in [5.74, 6) is -0.207. The van der Waals surface area contributed by atoms with Crippen LogP contribution < -0.4 is 0 Å². The van der Waals surface area contributed by atoms with Gasteiger partial charge in [0.15, 0.2) is 16.4 Å². The molecule has 0 spiro atoms. The molecule has 1 aliphatic heterocycles. The van der Waals surface area contributed by atoms with Crippen LogP contribution in [0, 0.1) is 0 Å². The molecule has 1 unspecified atom stereocenters. The summed E-state index contributed by atoms with van der Waals surface area (Å²) in [7, 11) is 0. The molecule has 1 N–H and O–H groups in total. The number of alkyl halides is 1. The van der Waals surface area contributed by atoms with E-state index in [4.69, 9.17) is 31.4 Å². The number of rotatable bonds is 12. The topological polar surface area (TPSA) is 112 Å². The fraction of sp³-hybridized carbons (Fsp3) is 0.140. The molecule has 9 nitrogen and oxygen atoms in total. The van der Waals surface area contributed by atoms with Crippen molar-refractivity contribution in [3.05, 3.63) is 177 Å². The Bertz CT molecular complexity index is 2480. The van der Waals surface area contributed by atoms with Crippen molar-refractivity contribution in [3.63, 3.8) is 0 Å². The summed E-state index contributed by atoms with van der Waals surface area (Å²) in [6.07, 6.45) is 4.90. The number of hydrogen-bond donors (Lipinski definition) is 1. The monoisotopic (exact) mass is 874 g/mol. The maximum atomic E-state index is 12.7. The second-order valence-electron chi connectivity index (χ2n) is 13.1. The van der Waals surface area contributed by atoms with Crippen molar-refractivity contribution in [1.82, 2.24) is 29.8 Å². The molecule has 4 aromatic carbocycles. The van der Waals surface area contributed by atoms with E-state index in [2.05, 4.69) is 80.2 Å². The molecule has 0 fully saturated rings. The van der Waals surface area contributed by atoms with Gasteiger partial charge < -0.3 is 14.1 Å². The average Bonchev–Trinajstić information content (AvgIpc) is 3.91. The van der Waals surface area contributed by atoms with E-state index >= 15 is 0 Å². The fourth-order valence-corrected chi connectivity index (χ4v) is 9.31. The molecule has 0 saturated heterocycles. The highest BCUT2D eigenvalue weighted by Crippen LogP contribution is 2.49. The van der Waals surface area contributed by atoms with E-state index in [1.165, 1.54) is 0 Å². The van der Waals surface area contributed by atoms with E-state index in [1.807, 2.05) is 84.9 Å². The van der Waals surface area contributed by atoms with E-state index in [0.717, 1.165) is 67.4 Å². The van der Waals surface area contributed by atoms with E-state index in [9.17, 15) is 9.90 Å². The van der Waals surface area contributed by atoms with Crippen molar-refractivity contribution < 1.29 is 14.3 Å². The number of carboxylic acids is 1. The van der Waals surface area contributed by atoms with Gasteiger partial charge in [0.25, 0.3) is 0 Å². The minimum atomic E-state index is -1.16. The summed E-state index contributed by atoms with van der Waals surface area (Å²) in [6, 6.07) is 40.4. The van der Waals surface area contributed by atoms with Gasteiger partial charge in [-0.1, -0.05) is 156 Å². The van der Waals surface area contributed by atoms with Gasteiger partial charge in [-0.05, 0) is 67.0 Å². The van der Waals surface area contributed by atoms with Crippen molar-refractivity contribution >= 4 is 49.4 Å². The van der Waals surface area contributed by atoms with Gasteiger partial charge in [-0.25, -0.2) is 9.78 Å². The zero-order valence-corrected chi connectivity index (χ0v) is 33.4. The Balaban J connectivity index is 1.34. The normalized spacial score (nSPS) is 12.3. The summed E-state index contributed by atoms with van der Waals surface area (Å²) < 4.78 is 8.13. The smallest absolute Gasteiger partial charge is 0.355 e. The maximum Gasteiger partial charge on any atom is 0.355 e. The van der Waals surface area contributed by atoms with Crippen LogP contribution in [0.25, 0.3) is 33.6 Å². The molecule has 2 aromatic heterocycles. The molecule has 0 amide bonds. The summed E-state index contributed by atoms with van der Waals surface area (Å²) in [6.45, 7) is 2.23. The first-order chi connectivity index (χ1) is 26.8.